The van der Waals surface area contributed by atoms with Crippen molar-refractivity contribution >= 4 is 0 Å². The highest BCUT2D eigenvalue weighted by molar-refractivity contribution is 5.19. The minimum Gasteiger partial charge on any atom is -0.383 e. The number of hydrogen-bond acceptors (Lipinski definition) is 5. The molecule has 3 rings (SSSR count). The van der Waals surface area contributed by atoms with Crippen LogP contribution in [0, 0.1) is 0 Å². The highest BCUT2D eigenvalue weighted by Gasteiger charge is 2.31. The summed E-state index contributed by atoms with van der Waals surface area (Å²) in [6.07, 6.45) is 5.17. The predicted molar refractivity (Wildman–Crippen MR) is 85.9 cm³/mol. The average Bonchev–Trinajstić information content (AvgIpc) is 2.98. The van der Waals surface area contributed by atoms with Crippen molar-refractivity contribution in [1.29, 1.82) is 0 Å². The van der Waals surface area contributed by atoms with Crippen LogP contribution in [0.4, 0.5) is 0 Å². The van der Waals surface area contributed by atoms with Gasteiger partial charge in [0.05, 0.1) is 18.3 Å². The van der Waals surface area contributed by atoms with Crippen LogP contribution in [0.1, 0.15) is 43.6 Å². The Morgan fingerprint density at radius 2 is 1.95 bits per heavy atom. The quantitative estimate of drug-likeness (QED) is 0.793. The van der Waals surface area contributed by atoms with E-state index < -0.39 is 0 Å². The standard InChI is InChI=1S/C16H29N5O/c1-3-21-14-7-10-20(12-11-19-8-5-4-6-9-19)15(13-22-2)16(14)17-18-21/h15H,3-13H2,1-2H3. The van der Waals surface area contributed by atoms with Crippen molar-refractivity contribution in [3.8, 4) is 0 Å². The Bertz CT molecular complexity index is 469. The van der Waals surface area contributed by atoms with Gasteiger partial charge in [-0.1, -0.05) is 11.6 Å². The number of ether oxygens (including phenoxy) is 1. The van der Waals surface area contributed by atoms with E-state index in [1.165, 1.54) is 38.0 Å². The van der Waals surface area contributed by atoms with E-state index in [1.54, 1.807) is 7.11 Å². The summed E-state index contributed by atoms with van der Waals surface area (Å²) in [5, 5.41) is 8.76. The molecule has 1 saturated heterocycles. The third kappa shape index (κ3) is 3.34. The van der Waals surface area contributed by atoms with Crippen LogP contribution >= 0.6 is 0 Å². The maximum atomic E-state index is 5.47. The van der Waals surface area contributed by atoms with E-state index in [-0.39, 0.29) is 6.04 Å². The van der Waals surface area contributed by atoms with Crippen LogP contribution in [0.3, 0.4) is 0 Å². The summed E-state index contributed by atoms with van der Waals surface area (Å²) in [7, 11) is 1.78. The number of aryl methyl sites for hydroxylation is 1. The molecule has 0 bridgehead atoms. The Labute approximate surface area is 133 Å². The molecule has 0 aromatic carbocycles. The molecule has 0 aliphatic carbocycles. The number of methoxy groups -OCH3 is 1. The van der Waals surface area contributed by atoms with Gasteiger partial charge in [0, 0.05) is 39.7 Å². The fraction of sp³-hybridized carbons (Fsp3) is 0.875. The highest BCUT2D eigenvalue weighted by atomic mass is 16.5. The molecule has 6 nitrogen and oxygen atoms in total. The number of piperidine rings is 1. The van der Waals surface area contributed by atoms with Crippen LogP contribution in [0.5, 0.6) is 0 Å². The lowest BCUT2D eigenvalue weighted by atomic mass is 10.0. The van der Waals surface area contributed by atoms with Gasteiger partial charge in [0.15, 0.2) is 0 Å². The molecule has 2 aliphatic rings. The number of aromatic nitrogens is 3. The molecule has 22 heavy (non-hydrogen) atoms. The first-order valence-corrected chi connectivity index (χ1v) is 8.71. The van der Waals surface area contributed by atoms with Crippen LogP contribution in [0.2, 0.25) is 0 Å². The van der Waals surface area contributed by atoms with Gasteiger partial charge in [0.1, 0.15) is 5.69 Å². The van der Waals surface area contributed by atoms with Gasteiger partial charge in [-0.2, -0.15) is 0 Å². The lowest BCUT2D eigenvalue weighted by Gasteiger charge is -2.36. The molecule has 1 fully saturated rings. The van der Waals surface area contributed by atoms with E-state index in [9.17, 15) is 0 Å². The zero-order chi connectivity index (χ0) is 15.4. The number of rotatable bonds is 6. The first-order chi connectivity index (χ1) is 10.8. The average molecular weight is 307 g/mol. The second kappa shape index (κ2) is 7.53. The second-order valence-corrected chi connectivity index (χ2v) is 6.40. The second-order valence-electron chi connectivity index (χ2n) is 6.40. The van der Waals surface area contributed by atoms with Gasteiger partial charge in [-0.3, -0.25) is 4.90 Å². The number of fused-ring (bicyclic) bond motifs is 1. The Morgan fingerprint density at radius 3 is 2.68 bits per heavy atom. The van der Waals surface area contributed by atoms with Gasteiger partial charge in [0.2, 0.25) is 0 Å². The summed E-state index contributed by atoms with van der Waals surface area (Å²) in [6.45, 7) is 9.61. The van der Waals surface area contributed by atoms with E-state index in [0.717, 1.165) is 38.3 Å². The summed E-state index contributed by atoms with van der Waals surface area (Å²) < 4.78 is 7.51. The molecule has 0 spiro atoms. The van der Waals surface area contributed by atoms with Crippen molar-refractivity contribution in [2.24, 2.45) is 0 Å². The molecule has 124 valence electrons. The van der Waals surface area contributed by atoms with Crippen LogP contribution in [-0.2, 0) is 17.7 Å². The van der Waals surface area contributed by atoms with Crippen molar-refractivity contribution in [3.63, 3.8) is 0 Å². The fourth-order valence-corrected chi connectivity index (χ4v) is 3.76. The number of hydrogen-bond donors (Lipinski definition) is 0. The summed E-state index contributed by atoms with van der Waals surface area (Å²) in [4.78, 5) is 5.14. The zero-order valence-corrected chi connectivity index (χ0v) is 14.0. The Morgan fingerprint density at radius 1 is 1.14 bits per heavy atom. The molecule has 0 amide bonds. The van der Waals surface area contributed by atoms with Crippen LogP contribution in [-0.4, -0.2) is 71.2 Å². The minimum absolute atomic E-state index is 0.263. The molecule has 1 aromatic heterocycles. The summed E-state index contributed by atoms with van der Waals surface area (Å²) in [6, 6.07) is 0.263. The van der Waals surface area contributed by atoms with E-state index in [1.807, 2.05) is 4.68 Å². The Balaban J connectivity index is 1.65. The third-order valence-corrected chi connectivity index (χ3v) is 5.04. The monoisotopic (exact) mass is 307 g/mol. The van der Waals surface area contributed by atoms with Gasteiger partial charge in [-0.05, 0) is 32.9 Å². The molecule has 2 aliphatic heterocycles. The first-order valence-electron chi connectivity index (χ1n) is 8.71. The third-order valence-electron chi connectivity index (χ3n) is 5.04. The van der Waals surface area contributed by atoms with Crippen molar-refractivity contribution in [2.75, 3.05) is 46.4 Å². The lowest BCUT2D eigenvalue weighted by molar-refractivity contribution is 0.0695. The molecule has 3 heterocycles. The minimum atomic E-state index is 0.263. The SMILES string of the molecule is CCn1nnc2c1CCN(CCN1CCCCC1)C2COC. The molecular formula is C16H29N5O. The van der Waals surface area contributed by atoms with Crippen LogP contribution < -0.4 is 0 Å². The normalized spacial score (nSPS) is 23.6. The molecule has 1 unspecified atom stereocenters. The summed E-state index contributed by atoms with van der Waals surface area (Å²) >= 11 is 0. The van der Waals surface area contributed by atoms with E-state index in [4.69, 9.17) is 4.74 Å². The molecule has 0 N–H and O–H groups in total. The van der Waals surface area contributed by atoms with Crippen LogP contribution in [0.25, 0.3) is 0 Å². The summed E-state index contributed by atoms with van der Waals surface area (Å²) in [5.41, 5.74) is 2.44. The zero-order valence-electron chi connectivity index (χ0n) is 14.0. The number of likely N-dealkylation sites (tertiary alicyclic amines) is 1. The van der Waals surface area contributed by atoms with Gasteiger partial charge < -0.3 is 9.64 Å². The molecular weight excluding hydrogens is 278 g/mol. The van der Waals surface area contributed by atoms with Crippen molar-refractivity contribution in [3.05, 3.63) is 11.4 Å². The maximum absolute atomic E-state index is 5.47. The van der Waals surface area contributed by atoms with Gasteiger partial charge >= 0.3 is 0 Å². The van der Waals surface area contributed by atoms with Crippen molar-refractivity contribution in [1.82, 2.24) is 24.8 Å². The highest BCUT2D eigenvalue weighted by Crippen LogP contribution is 2.28. The Kier molecular flexibility index (Phi) is 5.44. The van der Waals surface area contributed by atoms with Crippen LogP contribution in [0.15, 0.2) is 0 Å². The molecule has 0 saturated carbocycles. The smallest absolute Gasteiger partial charge is 0.105 e. The van der Waals surface area contributed by atoms with Crippen molar-refractivity contribution in [2.45, 2.75) is 45.2 Å². The summed E-state index contributed by atoms with van der Waals surface area (Å²) in [5.74, 6) is 0. The first kappa shape index (κ1) is 15.9. The maximum Gasteiger partial charge on any atom is 0.105 e. The predicted octanol–water partition coefficient (Wildman–Crippen LogP) is 1.33. The lowest BCUT2D eigenvalue weighted by Crippen LogP contribution is -2.43. The topological polar surface area (TPSA) is 46.4 Å². The number of nitrogens with zero attached hydrogens (tertiary/aromatic N) is 5. The molecule has 1 atom stereocenters. The fourth-order valence-electron chi connectivity index (χ4n) is 3.76. The molecule has 0 radical (unpaired) electrons. The molecule has 1 aromatic rings. The van der Waals surface area contributed by atoms with Gasteiger partial charge in [0.25, 0.3) is 0 Å². The Hall–Kier alpha value is -0.980. The molecule has 6 heteroatoms. The van der Waals surface area contributed by atoms with E-state index in [2.05, 4.69) is 27.0 Å². The van der Waals surface area contributed by atoms with Crippen molar-refractivity contribution < 1.29 is 4.74 Å². The largest absolute Gasteiger partial charge is 0.383 e. The van der Waals surface area contributed by atoms with E-state index in [0.29, 0.717) is 6.61 Å². The van der Waals surface area contributed by atoms with Gasteiger partial charge in [-0.15, -0.1) is 5.10 Å². The van der Waals surface area contributed by atoms with Gasteiger partial charge in [-0.25, -0.2) is 4.68 Å². The van der Waals surface area contributed by atoms with E-state index >= 15 is 0 Å².